The van der Waals surface area contributed by atoms with E-state index >= 15 is 0 Å². The predicted octanol–water partition coefficient (Wildman–Crippen LogP) is -1.00. The Morgan fingerprint density at radius 2 is 1.61 bits per heavy atom. The van der Waals surface area contributed by atoms with Crippen molar-refractivity contribution in [1.82, 2.24) is 0 Å². The highest BCUT2D eigenvalue weighted by molar-refractivity contribution is 6.16. The molecule has 0 amide bonds. The maximum Gasteiger partial charge on any atom is 0.210 e. The number of hydrogen-bond acceptors (Lipinski definition) is 11. The molecule has 31 heavy (non-hydrogen) atoms. The molecule has 0 saturated heterocycles. The van der Waals surface area contributed by atoms with Gasteiger partial charge in [-0.3, -0.25) is 19.2 Å². The number of carbonyl (C=O) groups excluding carboxylic acids is 4. The maximum atomic E-state index is 12.7. The average molecular weight is 436 g/mol. The van der Waals surface area contributed by atoms with Crippen LogP contribution in [0.1, 0.15) is 26.7 Å². The Labute approximate surface area is 174 Å². The normalized spacial score (nSPS) is 32.4. The summed E-state index contributed by atoms with van der Waals surface area (Å²) in [6.45, 7) is 1.85. The standard InChI is InChI=1S/C20H20O11/c1-8(21)6-19(29)17-13(31-16-11(24)3-10(23)4-12(16)25)5-14(26)18(19,28)7-15(27)20(17,30)9(2)22/h3-5,17,23-25,28-30H,6-7H2,1-2H3. The molecule has 2 bridgehead atoms. The Kier molecular flexibility index (Phi) is 4.97. The van der Waals surface area contributed by atoms with Crippen LogP contribution in [0.4, 0.5) is 0 Å². The van der Waals surface area contributed by atoms with Gasteiger partial charge in [-0.25, -0.2) is 0 Å². The summed E-state index contributed by atoms with van der Waals surface area (Å²) in [6, 6.07) is 1.53. The van der Waals surface area contributed by atoms with E-state index in [4.69, 9.17) is 4.74 Å². The van der Waals surface area contributed by atoms with Crippen molar-refractivity contribution in [3.05, 3.63) is 24.0 Å². The molecule has 0 radical (unpaired) electrons. The third-order valence-electron chi connectivity index (χ3n) is 5.73. The number of carbonyl (C=O) groups is 4. The summed E-state index contributed by atoms with van der Waals surface area (Å²) in [6.07, 6.45) is -1.47. The van der Waals surface area contributed by atoms with E-state index in [0.29, 0.717) is 6.08 Å². The Hall–Kier alpha value is -3.28. The summed E-state index contributed by atoms with van der Waals surface area (Å²) >= 11 is 0. The fraction of sp³-hybridized carbons (Fsp3) is 0.400. The molecule has 11 heteroatoms. The third-order valence-corrected chi connectivity index (χ3v) is 5.73. The highest BCUT2D eigenvalue weighted by atomic mass is 16.5. The lowest BCUT2D eigenvalue weighted by Gasteiger charge is -2.56. The zero-order valence-electron chi connectivity index (χ0n) is 16.4. The molecule has 1 aromatic carbocycles. The largest absolute Gasteiger partial charge is 0.508 e. The van der Waals surface area contributed by atoms with Crippen molar-refractivity contribution < 1.29 is 54.6 Å². The van der Waals surface area contributed by atoms with Gasteiger partial charge in [-0.2, -0.15) is 0 Å². The van der Waals surface area contributed by atoms with E-state index in [-0.39, 0.29) is 0 Å². The molecule has 0 heterocycles. The molecule has 2 aliphatic rings. The number of hydrogen-bond donors (Lipinski definition) is 6. The molecule has 166 valence electrons. The molecule has 1 fully saturated rings. The van der Waals surface area contributed by atoms with Crippen molar-refractivity contribution in [3.63, 3.8) is 0 Å². The third kappa shape index (κ3) is 3.00. The van der Waals surface area contributed by atoms with Gasteiger partial charge in [0.25, 0.3) is 0 Å². The topological polar surface area (TPSA) is 199 Å². The first kappa shape index (κ1) is 22.4. The quantitative estimate of drug-likeness (QED) is 0.309. The van der Waals surface area contributed by atoms with E-state index in [1.165, 1.54) is 0 Å². The van der Waals surface area contributed by atoms with E-state index in [9.17, 15) is 49.8 Å². The second kappa shape index (κ2) is 6.87. The van der Waals surface area contributed by atoms with Crippen LogP contribution in [-0.2, 0) is 19.2 Å². The van der Waals surface area contributed by atoms with Crippen LogP contribution in [0.15, 0.2) is 24.0 Å². The molecular formula is C20H20O11. The van der Waals surface area contributed by atoms with Gasteiger partial charge in [0.05, 0.1) is 5.92 Å². The fourth-order valence-electron chi connectivity index (χ4n) is 4.26. The van der Waals surface area contributed by atoms with Crippen molar-refractivity contribution in [2.45, 2.75) is 43.5 Å². The molecule has 0 aromatic heterocycles. The Morgan fingerprint density at radius 3 is 2.10 bits per heavy atom. The van der Waals surface area contributed by atoms with Crippen molar-refractivity contribution >= 4 is 23.1 Å². The minimum Gasteiger partial charge on any atom is -0.508 e. The van der Waals surface area contributed by atoms with E-state index in [2.05, 4.69) is 0 Å². The first-order chi connectivity index (χ1) is 14.2. The number of aromatic hydroxyl groups is 3. The van der Waals surface area contributed by atoms with Crippen LogP contribution in [0.3, 0.4) is 0 Å². The highest BCUT2D eigenvalue weighted by Crippen LogP contribution is 2.54. The van der Waals surface area contributed by atoms with E-state index in [1.807, 2.05) is 0 Å². The second-order valence-electron chi connectivity index (χ2n) is 7.85. The second-order valence-corrected chi connectivity index (χ2v) is 7.85. The Bertz CT molecular complexity index is 1030. The van der Waals surface area contributed by atoms with Gasteiger partial charge in [0.2, 0.25) is 5.75 Å². The number of rotatable bonds is 5. The van der Waals surface area contributed by atoms with Crippen molar-refractivity contribution in [1.29, 1.82) is 0 Å². The molecule has 2 aliphatic carbocycles. The Morgan fingerprint density at radius 1 is 1.06 bits per heavy atom. The van der Waals surface area contributed by atoms with Gasteiger partial charge in [-0.1, -0.05) is 0 Å². The molecule has 6 N–H and O–H groups in total. The average Bonchev–Trinajstić information content (AvgIpc) is 2.61. The molecule has 11 nitrogen and oxygen atoms in total. The van der Waals surface area contributed by atoms with Gasteiger partial charge >= 0.3 is 0 Å². The van der Waals surface area contributed by atoms with Crippen LogP contribution in [-0.4, -0.2) is 70.6 Å². The predicted molar refractivity (Wildman–Crippen MR) is 99.1 cm³/mol. The number of fused-ring (bicyclic) bond motifs is 2. The SMILES string of the molecule is CC(=O)CC1(O)C2C(Oc3c(O)cc(O)cc3O)=CC(=O)C1(O)CC(=O)C2(O)C(C)=O. The molecule has 0 aliphatic heterocycles. The summed E-state index contributed by atoms with van der Waals surface area (Å²) in [7, 11) is 0. The molecule has 4 unspecified atom stereocenters. The minimum absolute atomic E-state index is 0.549. The summed E-state index contributed by atoms with van der Waals surface area (Å²) in [5, 5.41) is 62.7. The fourth-order valence-corrected chi connectivity index (χ4v) is 4.26. The van der Waals surface area contributed by atoms with Crippen LogP contribution in [0.25, 0.3) is 0 Å². The minimum atomic E-state index is -2.99. The molecule has 4 atom stereocenters. The van der Waals surface area contributed by atoms with E-state index in [0.717, 1.165) is 26.0 Å². The number of ketones is 4. The number of phenols is 3. The van der Waals surface area contributed by atoms with Gasteiger partial charge in [0, 0.05) is 31.1 Å². The lowest BCUT2D eigenvalue weighted by molar-refractivity contribution is -0.235. The van der Waals surface area contributed by atoms with Crippen LogP contribution >= 0.6 is 0 Å². The highest BCUT2D eigenvalue weighted by Gasteiger charge is 2.75. The summed E-state index contributed by atoms with van der Waals surface area (Å²) in [5.41, 5.74) is -8.67. The van der Waals surface area contributed by atoms with E-state index in [1.54, 1.807) is 0 Å². The van der Waals surface area contributed by atoms with Crippen molar-refractivity contribution in [3.8, 4) is 23.0 Å². The summed E-state index contributed by atoms with van der Waals surface area (Å²) < 4.78 is 5.33. The van der Waals surface area contributed by atoms with Gasteiger partial charge in [-0.05, 0) is 13.8 Å². The van der Waals surface area contributed by atoms with Crippen molar-refractivity contribution in [2.75, 3.05) is 0 Å². The van der Waals surface area contributed by atoms with Crippen LogP contribution < -0.4 is 4.74 Å². The number of aliphatic hydroxyl groups is 3. The van der Waals surface area contributed by atoms with Crippen LogP contribution in [0.5, 0.6) is 23.0 Å². The van der Waals surface area contributed by atoms with Gasteiger partial charge < -0.3 is 35.4 Å². The Balaban J connectivity index is 2.29. The monoisotopic (exact) mass is 436 g/mol. The van der Waals surface area contributed by atoms with E-state index < -0.39 is 87.5 Å². The lowest BCUT2D eigenvalue weighted by Crippen LogP contribution is -2.78. The molecular weight excluding hydrogens is 416 g/mol. The smallest absolute Gasteiger partial charge is 0.210 e. The summed E-state index contributed by atoms with van der Waals surface area (Å²) in [5.74, 6) is -10.3. The summed E-state index contributed by atoms with van der Waals surface area (Å²) in [4.78, 5) is 49.6. The molecule has 0 spiro atoms. The zero-order chi connectivity index (χ0) is 23.5. The number of Topliss-reactive ketones (excluding diaryl/α,β-unsaturated/α-hetero) is 3. The zero-order valence-corrected chi connectivity index (χ0v) is 16.4. The van der Waals surface area contributed by atoms with Crippen LogP contribution in [0, 0.1) is 5.92 Å². The number of benzene rings is 1. The number of ether oxygens (including phenoxy) is 1. The molecule has 1 aromatic rings. The van der Waals surface area contributed by atoms with Crippen LogP contribution in [0.2, 0.25) is 0 Å². The molecule has 3 rings (SSSR count). The lowest BCUT2D eigenvalue weighted by atomic mass is 9.52. The van der Waals surface area contributed by atoms with Crippen molar-refractivity contribution in [2.24, 2.45) is 5.92 Å². The number of phenolic OH excluding ortho intramolecular Hbond substituents is 3. The van der Waals surface area contributed by atoms with Gasteiger partial charge in [0.15, 0.2) is 40.1 Å². The molecule has 1 saturated carbocycles. The van der Waals surface area contributed by atoms with Gasteiger partial charge in [0.1, 0.15) is 22.9 Å². The first-order valence-corrected chi connectivity index (χ1v) is 9.08. The van der Waals surface area contributed by atoms with Gasteiger partial charge in [-0.15, -0.1) is 0 Å². The maximum absolute atomic E-state index is 12.7. The first-order valence-electron chi connectivity index (χ1n) is 9.08.